The maximum Gasteiger partial charge on any atom is 0.139 e. The van der Waals surface area contributed by atoms with Crippen molar-refractivity contribution >= 4 is 34.1 Å². The number of nitrogens with zero attached hydrogens (tertiary/aromatic N) is 2. The highest BCUT2D eigenvalue weighted by Gasteiger charge is 2.08. The molecule has 0 fully saturated rings. The van der Waals surface area contributed by atoms with Gasteiger partial charge in [-0.3, -0.25) is 0 Å². The Bertz CT molecular complexity index is 773. The van der Waals surface area contributed by atoms with Gasteiger partial charge in [-0.25, -0.2) is 9.97 Å². The van der Waals surface area contributed by atoms with Crippen molar-refractivity contribution in [2.45, 2.75) is 0 Å². The van der Waals surface area contributed by atoms with Crippen molar-refractivity contribution in [3.8, 4) is 17.0 Å². The Labute approximate surface area is 126 Å². The van der Waals surface area contributed by atoms with Crippen molar-refractivity contribution in [2.75, 3.05) is 7.11 Å². The summed E-state index contributed by atoms with van der Waals surface area (Å²) < 4.78 is 5.14. The van der Waals surface area contributed by atoms with Gasteiger partial charge in [-0.05, 0) is 42.5 Å². The molecule has 0 aliphatic rings. The molecular formula is C15H10Cl2N2O. The van der Waals surface area contributed by atoms with E-state index in [9.17, 15) is 0 Å². The van der Waals surface area contributed by atoms with Crippen LogP contribution in [0, 0.1) is 0 Å². The van der Waals surface area contributed by atoms with E-state index in [1.165, 1.54) is 0 Å². The van der Waals surface area contributed by atoms with Crippen molar-refractivity contribution in [1.29, 1.82) is 0 Å². The molecule has 0 N–H and O–H groups in total. The maximum absolute atomic E-state index is 6.20. The van der Waals surface area contributed by atoms with Crippen LogP contribution in [0.1, 0.15) is 0 Å². The first kappa shape index (κ1) is 13.2. The quantitative estimate of drug-likeness (QED) is 0.648. The minimum atomic E-state index is 0.414. The second kappa shape index (κ2) is 5.27. The van der Waals surface area contributed by atoms with Crippen molar-refractivity contribution in [1.82, 2.24) is 9.97 Å². The van der Waals surface area contributed by atoms with Gasteiger partial charge >= 0.3 is 0 Å². The number of hydrogen-bond donors (Lipinski definition) is 0. The van der Waals surface area contributed by atoms with Gasteiger partial charge in [0.25, 0.3) is 0 Å². The average molecular weight is 305 g/mol. The fraction of sp³-hybridized carbons (Fsp3) is 0.0667. The lowest BCUT2D eigenvalue weighted by Crippen LogP contribution is -1.89. The number of benzene rings is 1. The van der Waals surface area contributed by atoms with Crippen LogP contribution in [0.3, 0.4) is 0 Å². The van der Waals surface area contributed by atoms with Gasteiger partial charge in [0.05, 0.1) is 18.3 Å². The minimum absolute atomic E-state index is 0.414. The molecule has 0 bridgehead atoms. The number of pyridine rings is 2. The minimum Gasteiger partial charge on any atom is -0.497 e. The standard InChI is InChI=1S/C15H10Cl2N2O/c1-20-10-4-2-9(3-5-10)12-8-13-11(15(17)19-12)6-7-14(16)18-13/h2-8H,1H3. The number of rotatable bonds is 2. The van der Waals surface area contributed by atoms with Crippen LogP contribution in [0.25, 0.3) is 22.2 Å². The molecule has 0 atom stereocenters. The van der Waals surface area contributed by atoms with Gasteiger partial charge in [-0.15, -0.1) is 0 Å². The van der Waals surface area contributed by atoms with Crippen molar-refractivity contribution < 1.29 is 4.74 Å². The molecule has 2 aromatic heterocycles. The highest BCUT2D eigenvalue weighted by molar-refractivity contribution is 6.34. The topological polar surface area (TPSA) is 35.0 Å². The van der Waals surface area contributed by atoms with Gasteiger partial charge in [0.2, 0.25) is 0 Å². The van der Waals surface area contributed by atoms with Gasteiger partial charge in [-0.1, -0.05) is 23.2 Å². The Morgan fingerprint density at radius 3 is 2.40 bits per heavy atom. The molecule has 3 aromatic rings. The van der Waals surface area contributed by atoms with E-state index in [4.69, 9.17) is 27.9 Å². The Morgan fingerprint density at radius 1 is 0.950 bits per heavy atom. The van der Waals surface area contributed by atoms with Crippen LogP contribution in [0.4, 0.5) is 0 Å². The summed E-state index contributed by atoms with van der Waals surface area (Å²) in [6.07, 6.45) is 0. The summed E-state index contributed by atoms with van der Waals surface area (Å²) in [6, 6.07) is 13.0. The Kier molecular flexibility index (Phi) is 3.47. The molecule has 0 saturated heterocycles. The van der Waals surface area contributed by atoms with Gasteiger partial charge in [0.15, 0.2) is 0 Å². The average Bonchev–Trinajstić information content (AvgIpc) is 2.46. The summed E-state index contributed by atoms with van der Waals surface area (Å²) in [5.74, 6) is 0.793. The predicted molar refractivity (Wildman–Crippen MR) is 81.5 cm³/mol. The number of aromatic nitrogens is 2. The lowest BCUT2D eigenvalue weighted by Gasteiger charge is -2.06. The van der Waals surface area contributed by atoms with E-state index in [0.717, 1.165) is 27.9 Å². The SMILES string of the molecule is COc1ccc(-c2cc3nc(Cl)ccc3c(Cl)n2)cc1. The summed E-state index contributed by atoms with van der Waals surface area (Å²) in [5.41, 5.74) is 2.42. The molecule has 3 rings (SSSR count). The third kappa shape index (κ3) is 2.42. The van der Waals surface area contributed by atoms with Crippen LogP contribution < -0.4 is 4.74 Å². The molecule has 0 unspecified atom stereocenters. The third-order valence-electron chi connectivity index (χ3n) is 2.99. The second-order valence-corrected chi connectivity index (χ2v) is 4.97. The van der Waals surface area contributed by atoms with Crippen molar-refractivity contribution in [3.05, 3.63) is 52.8 Å². The van der Waals surface area contributed by atoms with E-state index in [2.05, 4.69) is 9.97 Å². The normalized spacial score (nSPS) is 10.8. The Morgan fingerprint density at radius 2 is 1.70 bits per heavy atom. The van der Waals surface area contributed by atoms with Crippen molar-refractivity contribution in [2.24, 2.45) is 0 Å². The first-order valence-electron chi connectivity index (χ1n) is 5.94. The first-order chi connectivity index (χ1) is 9.67. The monoisotopic (exact) mass is 304 g/mol. The molecule has 0 saturated carbocycles. The molecule has 5 heteroatoms. The zero-order valence-corrected chi connectivity index (χ0v) is 12.1. The Balaban J connectivity index is 2.15. The van der Waals surface area contributed by atoms with E-state index in [0.29, 0.717) is 10.3 Å². The highest BCUT2D eigenvalue weighted by atomic mass is 35.5. The number of hydrogen-bond acceptors (Lipinski definition) is 3. The number of halogens is 2. The number of methoxy groups -OCH3 is 1. The number of ether oxygens (including phenoxy) is 1. The molecule has 0 aliphatic carbocycles. The molecule has 1 aromatic carbocycles. The van der Waals surface area contributed by atoms with E-state index < -0.39 is 0 Å². The summed E-state index contributed by atoms with van der Waals surface area (Å²) >= 11 is 12.1. The summed E-state index contributed by atoms with van der Waals surface area (Å²) in [6.45, 7) is 0. The first-order valence-corrected chi connectivity index (χ1v) is 6.70. The van der Waals surface area contributed by atoms with E-state index in [1.54, 1.807) is 13.2 Å². The smallest absolute Gasteiger partial charge is 0.139 e. The molecule has 0 spiro atoms. The lowest BCUT2D eigenvalue weighted by atomic mass is 10.1. The zero-order valence-electron chi connectivity index (χ0n) is 10.6. The van der Waals surface area contributed by atoms with Gasteiger partial charge in [0.1, 0.15) is 16.1 Å². The molecule has 100 valence electrons. The van der Waals surface area contributed by atoms with Crippen LogP contribution in [0.15, 0.2) is 42.5 Å². The Hall–Kier alpha value is -1.84. The summed E-state index contributed by atoms with van der Waals surface area (Å²) in [5, 5.41) is 1.63. The fourth-order valence-electron chi connectivity index (χ4n) is 1.97. The predicted octanol–water partition coefficient (Wildman–Crippen LogP) is 4.61. The van der Waals surface area contributed by atoms with E-state index in [-0.39, 0.29) is 0 Å². The van der Waals surface area contributed by atoms with Crippen LogP contribution in [0.5, 0.6) is 5.75 Å². The van der Waals surface area contributed by atoms with Crippen LogP contribution in [0.2, 0.25) is 10.3 Å². The molecule has 0 aliphatic heterocycles. The summed E-state index contributed by atoms with van der Waals surface area (Å²) in [4.78, 5) is 8.67. The van der Waals surface area contributed by atoms with Crippen LogP contribution in [-0.4, -0.2) is 17.1 Å². The van der Waals surface area contributed by atoms with E-state index >= 15 is 0 Å². The second-order valence-electron chi connectivity index (χ2n) is 4.23. The number of fused-ring (bicyclic) bond motifs is 1. The highest BCUT2D eigenvalue weighted by Crippen LogP contribution is 2.28. The fourth-order valence-corrected chi connectivity index (χ4v) is 2.38. The van der Waals surface area contributed by atoms with E-state index in [1.807, 2.05) is 36.4 Å². The van der Waals surface area contributed by atoms with Gasteiger partial charge in [-0.2, -0.15) is 0 Å². The molecule has 20 heavy (non-hydrogen) atoms. The maximum atomic E-state index is 6.20. The zero-order chi connectivity index (χ0) is 14.1. The van der Waals surface area contributed by atoms with Crippen molar-refractivity contribution in [3.63, 3.8) is 0 Å². The lowest BCUT2D eigenvalue weighted by molar-refractivity contribution is 0.415. The summed E-state index contributed by atoms with van der Waals surface area (Å²) in [7, 11) is 1.63. The molecular weight excluding hydrogens is 295 g/mol. The molecule has 0 radical (unpaired) electrons. The van der Waals surface area contributed by atoms with Gasteiger partial charge in [0, 0.05) is 10.9 Å². The van der Waals surface area contributed by atoms with Gasteiger partial charge < -0.3 is 4.74 Å². The van der Waals surface area contributed by atoms with Crippen LogP contribution >= 0.6 is 23.2 Å². The molecule has 2 heterocycles. The third-order valence-corrected chi connectivity index (χ3v) is 3.49. The molecule has 0 amide bonds. The largest absolute Gasteiger partial charge is 0.497 e. The molecule has 3 nitrogen and oxygen atoms in total. The van der Waals surface area contributed by atoms with Crippen LogP contribution in [-0.2, 0) is 0 Å².